The van der Waals surface area contributed by atoms with Gasteiger partial charge in [-0.1, -0.05) is 48.0 Å². The van der Waals surface area contributed by atoms with Crippen LogP contribution in [0.1, 0.15) is 22.3 Å². The fourth-order valence-corrected chi connectivity index (χ4v) is 2.94. The van der Waals surface area contributed by atoms with Gasteiger partial charge in [-0.15, -0.1) is 0 Å². The van der Waals surface area contributed by atoms with Crippen LogP contribution in [0.15, 0.2) is 72.3 Å². The van der Waals surface area contributed by atoms with E-state index in [1.165, 1.54) is 0 Å². The molecule has 3 aromatic carbocycles. The second-order valence-corrected chi connectivity index (χ2v) is 7.37. The smallest absolute Gasteiger partial charge is 0.266 e. The minimum atomic E-state index is -0.446. The van der Waals surface area contributed by atoms with Crippen molar-refractivity contribution in [2.45, 2.75) is 20.5 Å². The maximum Gasteiger partial charge on any atom is 0.266 e. The Kier molecular flexibility index (Phi) is 6.90. The zero-order valence-corrected chi connectivity index (χ0v) is 17.5. The standard InChI is InChI=1S/C25H21ClN2O2/c1-17-6-7-18(2)24(12-17)28-25(29)21(15-27)13-20-4-3-5-23(14-20)30-16-19-8-10-22(26)11-9-19/h3-14H,16H2,1-2H3,(H,28,29)/b21-13+. The van der Waals surface area contributed by atoms with Crippen LogP contribution in [0.4, 0.5) is 5.69 Å². The summed E-state index contributed by atoms with van der Waals surface area (Å²) in [7, 11) is 0. The third-order valence-corrected chi connectivity index (χ3v) is 4.75. The molecule has 0 aromatic heterocycles. The molecule has 0 aliphatic rings. The lowest BCUT2D eigenvalue weighted by atomic mass is 10.1. The number of anilines is 1. The quantitative estimate of drug-likeness (QED) is 0.391. The third kappa shape index (κ3) is 5.73. The lowest BCUT2D eigenvalue weighted by Crippen LogP contribution is -2.14. The number of benzene rings is 3. The molecule has 150 valence electrons. The van der Waals surface area contributed by atoms with Crippen molar-refractivity contribution in [3.63, 3.8) is 0 Å². The van der Waals surface area contributed by atoms with E-state index in [4.69, 9.17) is 16.3 Å². The van der Waals surface area contributed by atoms with Crippen LogP contribution in [0.25, 0.3) is 6.08 Å². The van der Waals surface area contributed by atoms with E-state index in [1.807, 2.05) is 80.6 Å². The first-order chi connectivity index (χ1) is 14.4. The summed E-state index contributed by atoms with van der Waals surface area (Å²) in [4.78, 5) is 12.6. The van der Waals surface area contributed by atoms with Gasteiger partial charge in [-0.2, -0.15) is 5.26 Å². The first kappa shape index (κ1) is 21.2. The average Bonchev–Trinajstić information content (AvgIpc) is 2.74. The molecule has 0 radical (unpaired) electrons. The molecular formula is C25H21ClN2O2. The van der Waals surface area contributed by atoms with Crippen molar-refractivity contribution in [3.8, 4) is 11.8 Å². The molecule has 0 spiro atoms. The predicted octanol–water partition coefficient (Wildman–Crippen LogP) is 6.08. The van der Waals surface area contributed by atoms with Gasteiger partial charge in [0.05, 0.1) is 0 Å². The molecule has 5 heteroatoms. The monoisotopic (exact) mass is 416 g/mol. The molecule has 0 aliphatic heterocycles. The number of hydrogen-bond donors (Lipinski definition) is 1. The van der Waals surface area contributed by atoms with Crippen LogP contribution < -0.4 is 10.1 Å². The molecule has 0 saturated carbocycles. The van der Waals surface area contributed by atoms with Crippen LogP contribution in [0.3, 0.4) is 0 Å². The van der Waals surface area contributed by atoms with Crippen LogP contribution in [0, 0.1) is 25.2 Å². The van der Waals surface area contributed by atoms with E-state index in [0.29, 0.717) is 28.6 Å². The van der Waals surface area contributed by atoms with Gasteiger partial charge in [0.25, 0.3) is 5.91 Å². The molecule has 4 nitrogen and oxygen atoms in total. The number of nitrogens with one attached hydrogen (secondary N) is 1. The number of nitrogens with zero attached hydrogens (tertiary/aromatic N) is 1. The van der Waals surface area contributed by atoms with Crippen molar-refractivity contribution < 1.29 is 9.53 Å². The van der Waals surface area contributed by atoms with Gasteiger partial charge in [-0.05, 0) is 72.5 Å². The highest BCUT2D eigenvalue weighted by Gasteiger charge is 2.11. The van der Waals surface area contributed by atoms with E-state index in [-0.39, 0.29) is 5.57 Å². The van der Waals surface area contributed by atoms with E-state index >= 15 is 0 Å². The van der Waals surface area contributed by atoms with Crippen LogP contribution in [-0.2, 0) is 11.4 Å². The van der Waals surface area contributed by atoms with Crippen LogP contribution in [-0.4, -0.2) is 5.91 Å². The zero-order chi connectivity index (χ0) is 21.5. The summed E-state index contributed by atoms with van der Waals surface area (Å²) in [6.07, 6.45) is 1.55. The van der Waals surface area contributed by atoms with E-state index in [0.717, 1.165) is 16.7 Å². The number of halogens is 1. The largest absolute Gasteiger partial charge is 0.489 e. The Bertz CT molecular complexity index is 1130. The first-order valence-electron chi connectivity index (χ1n) is 9.42. The number of ether oxygens (including phenoxy) is 1. The lowest BCUT2D eigenvalue weighted by Gasteiger charge is -2.09. The maximum atomic E-state index is 12.6. The number of hydrogen-bond acceptors (Lipinski definition) is 3. The topological polar surface area (TPSA) is 62.1 Å². The molecule has 0 atom stereocenters. The number of rotatable bonds is 6. The van der Waals surface area contributed by atoms with Gasteiger partial charge in [-0.25, -0.2) is 0 Å². The van der Waals surface area contributed by atoms with Gasteiger partial charge in [0.15, 0.2) is 0 Å². The molecule has 0 saturated heterocycles. The summed E-state index contributed by atoms with van der Waals surface area (Å²) >= 11 is 5.90. The SMILES string of the molecule is Cc1ccc(C)c(NC(=O)/C(C#N)=C/c2cccc(OCc3ccc(Cl)cc3)c2)c1. The highest BCUT2D eigenvalue weighted by Crippen LogP contribution is 2.20. The molecule has 0 unspecified atom stereocenters. The maximum absolute atomic E-state index is 12.6. The Morgan fingerprint density at radius 2 is 1.87 bits per heavy atom. The molecule has 30 heavy (non-hydrogen) atoms. The first-order valence-corrected chi connectivity index (χ1v) is 9.80. The molecule has 0 aliphatic carbocycles. The predicted molar refractivity (Wildman–Crippen MR) is 120 cm³/mol. The van der Waals surface area contributed by atoms with Crippen molar-refractivity contribution in [3.05, 3.63) is 99.6 Å². The number of nitriles is 1. The molecule has 1 N–H and O–H groups in total. The molecule has 0 heterocycles. The van der Waals surface area contributed by atoms with E-state index < -0.39 is 5.91 Å². The molecule has 3 rings (SSSR count). The van der Waals surface area contributed by atoms with Gasteiger partial charge in [0.1, 0.15) is 24.0 Å². The van der Waals surface area contributed by atoms with Gasteiger partial charge >= 0.3 is 0 Å². The Hall–Kier alpha value is -3.55. The van der Waals surface area contributed by atoms with Crippen molar-refractivity contribution in [2.24, 2.45) is 0 Å². The van der Waals surface area contributed by atoms with Crippen molar-refractivity contribution in [1.29, 1.82) is 5.26 Å². The number of amides is 1. The molecule has 0 bridgehead atoms. The highest BCUT2D eigenvalue weighted by atomic mass is 35.5. The number of aryl methyl sites for hydroxylation is 2. The summed E-state index contributed by atoms with van der Waals surface area (Å²) in [5, 5.41) is 13.0. The second-order valence-electron chi connectivity index (χ2n) is 6.93. The summed E-state index contributed by atoms with van der Waals surface area (Å²) in [5.74, 6) is 0.199. The van der Waals surface area contributed by atoms with Crippen molar-refractivity contribution in [2.75, 3.05) is 5.32 Å². The fraction of sp³-hybridized carbons (Fsp3) is 0.120. The lowest BCUT2D eigenvalue weighted by molar-refractivity contribution is -0.112. The Morgan fingerprint density at radius 1 is 1.10 bits per heavy atom. The van der Waals surface area contributed by atoms with Crippen molar-refractivity contribution in [1.82, 2.24) is 0 Å². The van der Waals surface area contributed by atoms with Crippen LogP contribution in [0.5, 0.6) is 5.75 Å². The normalized spacial score (nSPS) is 10.9. The van der Waals surface area contributed by atoms with Gasteiger partial charge in [0.2, 0.25) is 0 Å². The molecular weight excluding hydrogens is 396 g/mol. The van der Waals surface area contributed by atoms with Gasteiger partial charge in [-0.3, -0.25) is 4.79 Å². The van der Waals surface area contributed by atoms with Crippen LogP contribution in [0.2, 0.25) is 5.02 Å². The minimum Gasteiger partial charge on any atom is -0.489 e. The zero-order valence-electron chi connectivity index (χ0n) is 16.8. The summed E-state index contributed by atoms with van der Waals surface area (Å²) in [6.45, 7) is 4.25. The summed E-state index contributed by atoms with van der Waals surface area (Å²) in [6, 6.07) is 22.5. The third-order valence-electron chi connectivity index (χ3n) is 4.49. The van der Waals surface area contributed by atoms with Gasteiger partial charge < -0.3 is 10.1 Å². The Morgan fingerprint density at radius 3 is 2.60 bits per heavy atom. The van der Waals surface area contributed by atoms with Crippen LogP contribution >= 0.6 is 11.6 Å². The van der Waals surface area contributed by atoms with E-state index in [1.54, 1.807) is 12.1 Å². The molecule has 3 aromatic rings. The number of carbonyl (C=O) groups is 1. The molecule has 0 fully saturated rings. The average molecular weight is 417 g/mol. The Labute approximate surface area is 181 Å². The van der Waals surface area contributed by atoms with E-state index in [2.05, 4.69) is 5.32 Å². The fourth-order valence-electron chi connectivity index (χ4n) is 2.82. The molecule has 1 amide bonds. The van der Waals surface area contributed by atoms with Crippen molar-refractivity contribution >= 4 is 29.3 Å². The summed E-state index contributed by atoms with van der Waals surface area (Å²) in [5.41, 5.74) is 4.38. The second kappa shape index (κ2) is 9.78. The highest BCUT2D eigenvalue weighted by molar-refractivity contribution is 6.30. The van der Waals surface area contributed by atoms with E-state index in [9.17, 15) is 10.1 Å². The minimum absolute atomic E-state index is 0.0192. The Balaban J connectivity index is 1.73. The summed E-state index contributed by atoms with van der Waals surface area (Å²) < 4.78 is 5.82. The number of carbonyl (C=O) groups excluding carboxylic acids is 1. The van der Waals surface area contributed by atoms with Gasteiger partial charge in [0, 0.05) is 10.7 Å².